The standard InChI is InChI=1S/C15H25N3O3/c1-21-13-11-17-6-2-4-14(17)15(20)18-7-3-5-16(8-9-18)10-12-19/h2,4,6,19H,3,5,7-13H2,1H3. The van der Waals surface area contributed by atoms with Gasteiger partial charge in [-0.2, -0.15) is 0 Å². The SMILES string of the molecule is COCCn1cccc1C(=O)N1CCCN(CCO)CC1. The van der Waals surface area contributed by atoms with E-state index in [0.29, 0.717) is 26.2 Å². The van der Waals surface area contributed by atoms with Gasteiger partial charge >= 0.3 is 0 Å². The van der Waals surface area contributed by atoms with E-state index in [1.807, 2.05) is 27.8 Å². The van der Waals surface area contributed by atoms with Crippen molar-refractivity contribution in [2.45, 2.75) is 13.0 Å². The molecule has 1 aliphatic heterocycles. The lowest BCUT2D eigenvalue weighted by Gasteiger charge is -2.22. The molecule has 6 nitrogen and oxygen atoms in total. The van der Waals surface area contributed by atoms with Gasteiger partial charge in [-0.1, -0.05) is 0 Å². The minimum atomic E-state index is 0.0851. The highest BCUT2D eigenvalue weighted by Crippen LogP contribution is 2.10. The number of carbonyl (C=O) groups is 1. The number of rotatable bonds is 6. The number of amides is 1. The van der Waals surface area contributed by atoms with Crippen LogP contribution < -0.4 is 0 Å². The Balaban J connectivity index is 1.98. The van der Waals surface area contributed by atoms with Crippen LogP contribution in [0, 0.1) is 0 Å². The van der Waals surface area contributed by atoms with E-state index in [1.54, 1.807) is 7.11 Å². The second-order valence-corrected chi connectivity index (χ2v) is 5.29. The van der Waals surface area contributed by atoms with Crippen molar-refractivity contribution >= 4 is 5.91 Å². The second kappa shape index (κ2) is 8.17. The summed E-state index contributed by atoms with van der Waals surface area (Å²) in [6.07, 6.45) is 2.87. The molecule has 0 atom stereocenters. The molecule has 1 N–H and O–H groups in total. The predicted molar refractivity (Wildman–Crippen MR) is 80.4 cm³/mol. The van der Waals surface area contributed by atoms with Crippen molar-refractivity contribution in [2.24, 2.45) is 0 Å². The fourth-order valence-electron chi connectivity index (χ4n) is 2.69. The summed E-state index contributed by atoms with van der Waals surface area (Å²) >= 11 is 0. The highest BCUT2D eigenvalue weighted by Gasteiger charge is 2.21. The summed E-state index contributed by atoms with van der Waals surface area (Å²) in [7, 11) is 1.66. The summed E-state index contributed by atoms with van der Waals surface area (Å²) < 4.78 is 7.03. The Morgan fingerprint density at radius 3 is 2.90 bits per heavy atom. The van der Waals surface area contributed by atoms with E-state index in [9.17, 15) is 4.79 Å². The van der Waals surface area contributed by atoms with E-state index in [1.165, 1.54) is 0 Å². The molecule has 1 amide bonds. The number of β-amino-alcohol motifs (C(OH)–C–C–N with tert-alkyl or cyclic N) is 1. The molecule has 2 heterocycles. The van der Waals surface area contributed by atoms with E-state index in [2.05, 4.69) is 4.90 Å². The Morgan fingerprint density at radius 2 is 2.14 bits per heavy atom. The molecule has 0 radical (unpaired) electrons. The molecule has 1 fully saturated rings. The van der Waals surface area contributed by atoms with Crippen LogP contribution in [0.2, 0.25) is 0 Å². The largest absolute Gasteiger partial charge is 0.395 e. The summed E-state index contributed by atoms with van der Waals surface area (Å²) in [6, 6.07) is 3.77. The molecule has 2 rings (SSSR count). The Bertz CT molecular complexity index is 447. The van der Waals surface area contributed by atoms with Gasteiger partial charge in [0.2, 0.25) is 0 Å². The fraction of sp³-hybridized carbons (Fsp3) is 0.667. The number of aliphatic hydroxyl groups is 1. The van der Waals surface area contributed by atoms with Crippen molar-refractivity contribution in [3.05, 3.63) is 24.0 Å². The van der Waals surface area contributed by atoms with Crippen molar-refractivity contribution in [1.29, 1.82) is 0 Å². The maximum atomic E-state index is 12.7. The van der Waals surface area contributed by atoms with Gasteiger partial charge in [0, 0.05) is 46.0 Å². The van der Waals surface area contributed by atoms with Crippen LogP contribution >= 0.6 is 0 Å². The first-order valence-electron chi connectivity index (χ1n) is 7.53. The maximum Gasteiger partial charge on any atom is 0.270 e. The van der Waals surface area contributed by atoms with Gasteiger partial charge < -0.3 is 19.3 Å². The van der Waals surface area contributed by atoms with Crippen LogP contribution in [-0.2, 0) is 11.3 Å². The van der Waals surface area contributed by atoms with Gasteiger partial charge in [0.15, 0.2) is 0 Å². The number of hydrogen-bond acceptors (Lipinski definition) is 4. The molecule has 0 aromatic carbocycles. The van der Waals surface area contributed by atoms with Gasteiger partial charge in [0.25, 0.3) is 5.91 Å². The summed E-state index contributed by atoms with van der Waals surface area (Å²) in [6.45, 7) is 5.40. The zero-order chi connectivity index (χ0) is 15.1. The average molecular weight is 295 g/mol. The number of nitrogens with zero attached hydrogens (tertiary/aromatic N) is 3. The van der Waals surface area contributed by atoms with Crippen LogP contribution in [0.25, 0.3) is 0 Å². The third kappa shape index (κ3) is 4.30. The number of methoxy groups -OCH3 is 1. The smallest absolute Gasteiger partial charge is 0.270 e. The van der Waals surface area contributed by atoms with Gasteiger partial charge in [-0.15, -0.1) is 0 Å². The summed E-state index contributed by atoms with van der Waals surface area (Å²) in [5.74, 6) is 0.0851. The van der Waals surface area contributed by atoms with Gasteiger partial charge in [0.1, 0.15) is 5.69 Å². The zero-order valence-electron chi connectivity index (χ0n) is 12.7. The molecule has 1 aromatic rings. The van der Waals surface area contributed by atoms with Crippen LogP contribution in [0.15, 0.2) is 18.3 Å². The van der Waals surface area contributed by atoms with Crippen molar-refractivity contribution < 1.29 is 14.6 Å². The topological polar surface area (TPSA) is 57.9 Å². The van der Waals surface area contributed by atoms with E-state index in [0.717, 1.165) is 31.7 Å². The van der Waals surface area contributed by atoms with Crippen molar-refractivity contribution in [3.63, 3.8) is 0 Å². The van der Waals surface area contributed by atoms with Gasteiger partial charge in [-0.3, -0.25) is 9.69 Å². The lowest BCUT2D eigenvalue weighted by atomic mass is 10.3. The van der Waals surface area contributed by atoms with Crippen molar-refractivity contribution in [1.82, 2.24) is 14.4 Å². The summed E-state index contributed by atoms with van der Waals surface area (Å²) in [4.78, 5) is 16.8. The molecule has 1 saturated heterocycles. The molecule has 0 saturated carbocycles. The molecule has 0 aliphatic carbocycles. The molecule has 118 valence electrons. The minimum absolute atomic E-state index is 0.0851. The number of aliphatic hydroxyl groups excluding tert-OH is 1. The Kier molecular flexibility index (Phi) is 6.22. The molecule has 0 bridgehead atoms. The molecule has 21 heavy (non-hydrogen) atoms. The van der Waals surface area contributed by atoms with Crippen molar-refractivity contribution in [3.8, 4) is 0 Å². The van der Waals surface area contributed by atoms with Crippen LogP contribution in [-0.4, -0.2) is 78.4 Å². The normalized spacial score (nSPS) is 17.0. The van der Waals surface area contributed by atoms with E-state index >= 15 is 0 Å². The second-order valence-electron chi connectivity index (χ2n) is 5.29. The van der Waals surface area contributed by atoms with Gasteiger partial charge in [-0.25, -0.2) is 0 Å². The van der Waals surface area contributed by atoms with Crippen LogP contribution in [0.3, 0.4) is 0 Å². The quantitative estimate of drug-likeness (QED) is 0.819. The average Bonchev–Trinajstić information content (AvgIpc) is 2.83. The fourth-order valence-corrected chi connectivity index (χ4v) is 2.69. The maximum absolute atomic E-state index is 12.7. The molecular weight excluding hydrogens is 270 g/mol. The molecule has 6 heteroatoms. The van der Waals surface area contributed by atoms with E-state index < -0.39 is 0 Å². The first-order valence-corrected chi connectivity index (χ1v) is 7.53. The Labute approximate surface area is 125 Å². The summed E-state index contributed by atoms with van der Waals surface area (Å²) in [5, 5.41) is 9.02. The first kappa shape index (κ1) is 16.0. The third-order valence-electron chi connectivity index (χ3n) is 3.88. The van der Waals surface area contributed by atoms with Crippen LogP contribution in [0.4, 0.5) is 0 Å². The molecule has 0 spiro atoms. The monoisotopic (exact) mass is 295 g/mol. The molecule has 0 unspecified atom stereocenters. The Hall–Kier alpha value is -1.37. The van der Waals surface area contributed by atoms with Crippen LogP contribution in [0.5, 0.6) is 0 Å². The molecule has 1 aromatic heterocycles. The highest BCUT2D eigenvalue weighted by atomic mass is 16.5. The highest BCUT2D eigenvalue weighted by molar-refractivity contribution is 5.92. The number of aromatic nitrogens is 1. The summed E-state index contributed by atoms with van der Waals surface area (Å²) in [5.41, 5.74) is 0.725. The van der Waals surface area contributed by atoms with Crippen molar-refractivity contribution in [2.75, 3.05) is 53.0 Å². The van der Waals surface area contributed by atoms with E-state index in [4.69, 9.17) is 9.84 Å². The predicted octanol–water partition coefficient (Wildman–Crippen LogP) is 0.275. The van der Waals surface area contributed by atoms with Gasteiger partial charge in [0.05, 0.1) is 13.2 Å². The Morgan fingerprint density at radius 1 is 1.29 bits per heavy atom. The van der Waals surface area contributed by atoms with Gasteiger partial charge in [-0.05, 0) is 25.1 Å². The lowest BCUT2D eigenvalue weighted by molar-refractivity contribution is 0.0747. The lowest BCUT2D eigenvalue weighted by Crippen LogP contribution is -2.36. The number of ether oxygens (including phenoxy) is 1. The third-order valence-corrected chi connectivity index (χ3v) is 3.88. The number of hydrogen-bond donors (Lipinski definition) is 1. The number of carbonyl (C=O) groups excluding carboxylic acids is 1. The van der Waals surface area contributed by atoms with E-state index in [-0.39, 0.29) is 12.5 Å². The zero-order valence-corrected chi connectivity index (χ0v) is 12.7. The first-order chi connectivity index (χ1) is 10.3. The molecular formula is C15H25N3O3. The minimum Gasteiger partial charge on any atom is -0.395 e. The molecule has 1 aliphatic rings. The van der Waals surface area contributed by atoms with Crippen LogP contribution in [0.1, 0.15) is 16.9 Å².